The van der Waals surface area contributed by atoms with E-state index in [0.29, 0.717) is 11.6 Å². The number of likely N-dealkylation sites (N-methyl/N-ethyl adjacent to an activating group) is 1. The van der Waals surface area contributed by atoms with E-state index in [1.54, 1.807) is 30.5 Å². The van der Waals surface area contributed by atoms with Gasteiger partial charge in [-0.05, 0) is 49.5 Å². The lowest BCUT2D eigenvalue weighted by molar-refractivity contribution is 0.148. The van der Waals surface area contributed by atoms with E-state index in [9.17, 15) is 8.42 Å². The van der Waals surface area contributed by atoms with E-state index in [4.69, 9.17) is 4.98 Å². The van der Waals surface area contributed by atoms with Gasteiger partial charge in [0.05, 0.1) is 10.4 Å². The lowest BCUT2D eigenvalue weighted by atomic mass is 10.0. The second-order valence-corrected chi connectivity index (χ2v) is 11.0. The van der Waals surface area contributed by atoms with E-state index in [1.807, 2.05) is 12.1 Å². The highest BCUT2D eigenvalue weighted by atomic mass is 32.2. The lowest BCUT2D eigenvalue weighted by Gasteiger charge is -2.32. The maximum Gasteiger partial charge on any atom is 0.240 e. The summed E-state index contributed by atoms with van der Waals surface area (Å²) in [6.45, 7) is 5.39. The second kappa shape index (κ2) is 10.3. The Hall–Kier alpha value is -3.37. The van der Waals surface area contributed by atoms with Gasteiger partial charge in [0.15, 0.2) is 0 Å². The summed E-state index contributed by atoms with van der Waals surface area (Å²) in [5, 5.41) is 4.14. The third kappa shape index (κ3) is 5.39. The summed E-state index contributed by atoms with van der Waals surface area (Å²) in [6.07, 6.45) is 1.80. The van der Waals surface area contributed by atoms with E-state index >= 15 is 0 Å². The number of fused-ring (bicyclic) bond motifs is 1. The predicted octanol–water partition coefficient (Wildman–Crippen LogP) is 3.70. The minimum Gasteiger partial charge on any atom is -0.324 e. The molecule has 9 heteroatoms. The number of piperazine rings is 1. The average Bonchev–Trinajstić information content (AvgIpc) is 2.90. The Balaban J connectivity index is 1.36. The molecule has 0 amide bonds. The van der Waals surface area contributed by atoms with Crippen molar-refractivity contribution >= 4 is 32.6 Å². The fraction of sp³-hybridized carbons (Fsp3) is 0.259. The van der Waals surface area contributed by atoms with Crippen molar-refractivity contribution in [2.45, 2.75) is 11.4 Å². The highest BCUT2D eigenvalue weighted by Crippen LogP contribution is 2.29. The van der Waals surface area contributed by atoms with Crippen LogP contribution in [-0.2, 0) is 16.6 Å². The summed E-state index contributed by atoms with van der Waals surface area (Å²) in [5.41, 5.74) is 5.02. The monoisotopic (exact) mass is 502 g/mol. The van der Waals surface area contributed by atoms with Gasteiger partial charge in [0.25, 0.3) is 0 Å². The quantitative estimate of drug-likeness (QED) is 0.398. The molecular formula is C27H30N6O2S. The molecule has 186 valence electrons. The molecule has 0 saturated carbocycles. The van der Waals surface area contributed by atoms with Crippen LogP contribution in [0.15, 0.2) is 77.8 Å². The summed E-state index contributed by atoms with van der Waals surface area (Å²) < 4.78 is 26.2. The van der Waals surface area contributed by atoms with Crippen LogP contribution in [0.4, 0.5) is 11.6 Å². The molecule has 0 spiro atoms. The molecule has 2 heterocycles. The first-order valence-electron chi connectivity index (χ1n) is 12.0. The Kier molecular flexibility index (Phi) is 6.97. The second-order valence-electron chi connectivity index (χ2n) is 9.07. The van der Waals surface area contributed by atoms with Gasteiger partial charge in [-0.1, -0.05) is 42.5 Å². The third-order valence-corrected chi connectivity index (χ3v) is 8.00. The standard InChI is InChI=1S/C27H30N6O2S/c1-28-36(34,35)24-12-10-23(11-13-24)30-27-29-18-22-4-3-5-25(26(22)31-27)21-8-6-20(7-9-21)19-33-16-14-32(2)15-17-33/h3-13,18,28H,14-17,19H2,1-2H3,(H,29,30,31). The summed E-state index contributed by atoms with van der Waals surface area (Å²) in [4.78, 5) is 14.3. The molecule has 8 nitrogen and oxygen atoms in total. The van der Waals surface area contributed by atoms with Crippen LogP contribution in [0, 0.1) is 0 Å². The number of sulfonamides is 1. The van der Waals surface area contributed by atoms with Crippen LogP contribution in [-0.4, -0.2) is 68.5 Å². The Bertz CT molecular complexity index is 1450. The van der Waals surface area contributed by atoms with Gasteiger partial charge in [0, 0.05) is 55.6 Å². The zero-order valence-electron chi connectivity index (χ0n) is 20.5. The van der Waals surface area contributed by atoms with Crippen molar-refractivity contribution in [3.05, 3.63) is 78.5 Å². The molecule has 36 heavy (non-hydrogen) atoms. The first kappa shape index (κ1) is 24.3. The Morgan fingerprint density at radius 3 is 2.33 bits per heavy atom. The van der Waals surface area contributed by atoms with Gasteiger partial charge >= 0.3 is 0 Å². The normalized spacial score (nSPS) is 15.3. The van der Waals surface area contributed by atoms with Crippen LogP contribution in [0.25, 0.3) is 22.0 Å². The summed E-state index contributed by atoms with van der Waals surface area (Å²) >= 11 is 0. The SMILES string of the molecule is CNS(=O)(=O)c1ccc(Nc2ncc3cccc(-c4ccc(CN5CCN(C)CC5)cc4)c3n2)cc1. The number of para-hydroxylation sites is 1. The van der Waals surface area contributed by atoms with Crippen LogP contribution >= 0.6 is 0 Å². The van der Waals surface area contributed by atoms with Gasteiger partial charge in [-0.25, -0.2) is 23.1 Å². The molecule has 3 aromatic carbocycles. The molecule has 0 bridgehead atoms. The summed E-state index contributed by atoms with van der Waals surface area (Å²) in [6, 6.07) is 21.3. The van der Waals surface area contributed by atoms with Crippen molar-refractivity contribution in [3.63, 3.8) is 0 Å². The van der Waals surface area contributed by atoms with Crippen molar-refractivity contribution in [1.82, 2.24) is 24.5 Å². The maximum absolute atomic E-state index is 12.0. The lowest BCUT2D eigenvalue weighted by Crippen LogP contribution is -2.43. The number of hydrogen-bond donors (Lipinski definition) is 2. The Labute approximate surface area is 212 Å². The smallest absolute Gasteiger partial charge is 0.240 e. The third-order valence-electron chi connectivity index (χ3n) is 6.57. The molecule has 4 aromatic rings. The van der Waals surface area contributed by atoms with Gasteiger partial charge in [0.2, 0.25) is 16.0 Å². The van der Waals surface area contributed by atoms with E-state index in [1.165, 1.54) is 12.6 Å². The van der Waals surface area contributed by atoms with Crippen molar-refractivity contribution in [1.29, 1.82) is 0 Å². The maximum atomic E-state index is 12.0. The topological polar surface area (TPSA) is 90.5 Å². The van der Waals surface area contributed by atoms with Crippen LogP contribution in [0.2, 0.25) is 0 Å². The van der Waals surface area contributed by atoms with Crippen molar-refractivity contribution in [2.75, 3.05) is 45.6 Å². The molecule has 2 N–H and O–H groups in total. The van der Waals surface area contributed by atoms with Crippen LogP contribution < -0.4 is 10.0 Å². The number of hydrogen-bond acceptors (Lipinski definition) is 7. The number of aromatic nitrogens is 2. The zero-order chi connectivity index (χ0) is 25.1. The van der Waals surface area contributed by atoms with Gasteiger partial charge in [-0.15, -0.1) is 0 Å². The number of nitrogens with one attached hydrogen (secondary N) is 2. The molecule has 0 atom stereocenters. The fourth-order valence-electron chi connectivity index (χ4n) is 4.37. The molecular weight excluding hydrogens is 472 g/mol. The van der Waals surface area contributed by atoms with Gasteiger partial charge in [-0.2, -0.15) is 0 Å². The van der Waals surface area contributed by atoms with Gasteiger partial charge in [-0.3, -0.25) is 4.90 Å². The van der Waals surface area contributed by atoms with E-state index in [0.717, 1.165) is 54.8 Å². The molecule has 1 aliphatic heterocycles. The van der Waals surface area contributed by atoms with Gasteiger partial charge < -0.3 is 10.2 Å². The van der Waals surface area contributed by atoms with Crippen molar-refractivity contribution in [3.8, 4) is 11.1 Å². The molecule has 1 fully saturated rings. The largest absolute Gasteiger partial charge is 0.324 e. The van der Waals surface area contributed by atoms with Gasteiger partial charge in [0.1, 0.15) is 0 Å². The first-order valence-corrected chi connectivity index (χ1v) is 13.5. The Morgan fingerprint density at radius 1 is 0.917 bits per heavy atom. The van der Waals surface area contributed by atoms with Crippen LogP contribution in [0.1, 0.15) is 5.56 Å². The van der Waals surface area contributed by atoms with E-state index in [-0.39, 0.29) is 4.90 Å². The minimum absolute atomic E-state index is 0.202. The van der Waals surface area contributed by atoms with E-state index < -0.39 is 10.0 Å². The molecule has 0 aliphatic carbocycles. The van der Waals surface area contributed by atoms with Crippen molar-refractivity contribution < 1.29 is 8.42 Å². The molecule has 1 saturated heterocycles. The number of nitrogens with zero attached hydrogens (tertiary/aromatic N) is 4. The average molecular weight is 503 g/mol. The first-order chi connectivity index (χ1) is 17.4. The molecule has 1 aromatic heterocycles. The summed E-state index contributed by atoms with van der Waals surface area (Å²) in [5.74, 6) is 0.450. The highest BCUT2D eigenvalue weighted by molar-refractivity contribution is 7.89. The predicted molar refractivity (Wildman–Crippen MR) is 144 cm³/mol. The highest BCUT2D eigenvalue weighted by Gasteiger charge is 2.15. The fourth-order valence-corrected chi connectivity index (χ4v) is 5.10. The molecule has 1 aliphatic rings. The molecule has 0 unspecified atom stereocenters. The van der Waals surface area contributed by atoms with E-state index in [2.05, 4.69) is 62.2 Å². The van der Waals surface area contributed by atoms with Crippen molar-refractivity contribution in [2.24, 2.45) is 0 Å². The Morgan fingerprint density at radius 2 is 1.64 bits per heavy atom. The zero-order valence-corrected chi connectivity index (χ0v) is 21.3. The number of rotatable bonds is 7. The minimum atomic E-state index is -3.48. The number of benzene rings is 3. The van der Waals surface area contributed by atoms with Crippen LogP contribution in [0.3, 0.4) is 0 Å². The summed E-state index contributed by atoms with van der Waals surface area (Å²) in [7, 11) is 0.0865. The number of anilines is 2. The molecule has 0 radical (unpaired) electrons. The molecule has 5 rings (SSSR count). The van der Waals surface area contributed by atoms with Crippen LogP contribution in [0.5, 0.6) is 0 Å².